The largest absolute Gasteiger partial charge is 0.465 e. The van der Waals surface area contributed by atoms with E-state index in [4.69, 9.17) is 4.74 Å². The van der Waals surface area contributed by atoms with E-state index in [9.17, 15) is 9.59 Å². The van der Waals surface area contributed by atoms with Crippen molar-refractivity contribution >= 4 is 28.2 Å². The molecule has 7 heteroatoms. The van der Waals surface area contributed by atoms with E-state index in [1.807, 2.05) is 0 Å². The number of esters is 1. The van der Waals surface area contributed by atoms with Crippen LogP contribution in [0.25, 0.3) is 0 Å². The van der Waals surface area contributed by atoms with Crippen LogP contribution in [0.4, 0.5) is 5.00 Å². The lowest BCUT2D eigenvalue weighted by Gasteiger charge is -2.37. The summed E-state index contributed by atoms with van der Waals surface area (Å²) in [5.41, 5.74) is 1.67. The molecule has 142 valence electrons. The van der Waals surface area contributed by atoms with Crippen molar-refractivity contribution in [1.29, 1.82) is 0 Å². The fourth-order valence-corrected chi connectivity index (χ4v) is 5.83. The van der Waals surface area contributed by atoms with E-state index in [-0.39, 0.29) is 11.9 Å². The second-order valence-corrected chi connectivity index (χ2v) is 8.63. The molecular weight excluding hydrogens is 350 g/mol. The third-order valence-electron chi connectivity index (χ3n) is 5.85. The minimum absolute atomic E-state index is 0.0276. The number of piperazine rings is 1. The van der Waals surface area contributed by atoms with E-state index in [2.05, 4.69) is 15.1 Å². The van der Waals surface area contributed by atoms with Crippen molar-refractivity contribution in [2.45, 2.75) is 44.6 Å². The van der Waals surface area contributed by atoms with Crippen molar-refractivity contribution in [3.05, 3.63) is 16.0 Å². The number of rotatable bonds is 4. The summed E-state index contributed by atoms with van der Waals surface area (Å²) in [5, 5.41) is 3.69. The van der Waals surface area contributed by atoms with Gasteiger partial charge in [0.05, 0.1) is 19.2 Å². The Morgan fingerprint density at radius 2 is 2.04 bits per heavy atom. The third-order valence-corrected chi connectivity index (χ3v) is 7.06. The van der Waals surface area contributed by atoms with E-state index in [0.29, 0.717) is 23.2 Å². The molecule has 1 aliphatic carbocycles. The molecule has 2 fully saturated rings. The number of methoxy groups -OCH3 is 1. The Labute approximate surface area is 158 Å². The monoisotopic (exact) mass is 377 g/mol. The van der Waals surface area contributed by atoms with E-state index in [1.165, 1.54) is 31.4 Å². The molecule has 1 amide bonds. The zero-order chi connectivity index (χ0) is 18.1. The summed E-state index contributed by atoms with van der Waals surface area (Å²) in [6, 6.07) is 0.608. The number of anilines is 1. The minimum Gasteiger partial charge on any atom is -0.465 e. The van der Waals surface area contributed by atoms with Crippen LogP contribution in [-0.2, 0) is 22.4 Å². The van der Waals surface area contributed by atoms with Crippen LogP contribution in [0.1, 0.15) is 46.5 Å². The molecule has 0 aromatic carbocycles. The predicted octanol–water partition coefficient (Wildman–Crippen LogP) is 2.13. The maximum absolute atomic E-state index is 12.6. The number of ether oxygens (including phenoxy) is 1. The van der Waals surface area contributed by atoms with E-state index in [0.717, 1.165) is 50.9 Å². The maximum atomic E-state index is 12.6. The van der Waals surface area contributed by atoms with Crippen molar-refractivity contribution in [1.82, 2.24) is 9.80 Å². The Balaban J connectivity index is 1.44. The van der Waals surface area contributed by atoms with Gasteiger partial charge in [0.1, 0.15) is 5.00 Å². The van der Waals surface area contributed by atoms with Crippen molar-refractivity contribution in [3.63, 3.8) is 0 Å². The maximum Gasteiger partial charge on any atom is 0.341 e. The lowest BCUT2D eigenvalue weighted by Crippen LogP contribution is -2.51. The van der Waals surface area contributed by atoms with Gasteiger partial charge in [0.2, 0.25) is 5.91 Å². The third kappa shape index (κ3) is 3.52. The number of aryl methyl sites for hydroxylation is 1. The molecule has 0 bridgehead atoms. The number of nitrogens with one attached hydrogen (secondary N) is 1. The van der Waals surface area contributed by atoms with Crippen LogP contribution < -0.4 is 5.32 Å². The van der Waals surface area contributed by atoms with Crippen molar-refractivity contribution < 1.29 is 14.3 Å². The van der Waals surface area contributed by atoms with E-state index < -0.39 is 0 Å². The molecule has 0 saturated carbocycles. The van der Waals surface area contributed by atoms with Crippen molar-refractivity contribution in [3.8, 4) is 0 Å². The Morgan fingerprint density at radius 1 is 1.19 bits per heavy atom. The normalized spacial score (nSPS) is 23.3. The second kappa shape index (κ2) is 7.66. The first-order chi connectivity index (χ1) is 12.7. The fourth-order valence-electron chi connectivity index (χ4n) is 4.54. The molecule has 26 heavy (non-hydrogen) atoms. The highest BCUT2D eigenvalue weighted by molar-refractivity contribution is 7.17. The number of carbonyl (C=O) groups is 2. The summed E-state index contributed by atoms with van der Waals surface area (Å²) in [6.07, 6.45) is 6.63. The Morgan fingerprint density at radius 3 is 2.88 bits per heavy atom. The highest BCUT2D eigenvalue weighted by Crippen LogP contribution is 2.38. The number of carbonyl (C=O) groups excluding carboxylic acids is 2. The molecule has 1 unspecified atom stereocenters. The summed E-state index contributed by atoms with van der Waals surface area (Å²) < 4.78 is 4.98. The van der Waals surface area contributed by atoms with Gasteiger partial charge in [0.15, 0.2) is 0 Å². The molecule has 1 atom stereocenters. The van der Waals surface area contributed by atoms with Crippen LogP contribution in [0.3, 0.4) is 0 Å². The molecule has 3 aliphatic rings. The van der Waals surface area contributed by atoms with Crippen molar-refractivity contribution in [2.24, 2.45) is 0 Å². The highest BCUT2D eigenvalue weighted by Gasteiger charge is 2.32. The molecule has 1 N–H and O–H groups in total. The average Bonchev–Trinajstić information content (AvgIpc) is 3.24. The van der Waals surface area contributed by atoms with Gasteiger partial charge in [-0.25, -0.2) is 4.79 Å². The molecule has 2 aliphatic heterocycles. The summed E-state index contributed by atoms with van der Waals surface area (Å²) in [6.45, 7) is 4.56. The first kappa shape index (κ1) is 17.9. The van der Waals surface area contributed by atoms with Crippen molar-refractivity contribution in [2.75, 3.05) is 45.2 Å². The standard InChI is InChI=1S/C19H27N3O3S/c1-25-19(24)17-14-6-2-3-7-15(14)26-18(17)20-16(23)12-21-9-10-22-8-4-5-13(22)11-21/h13H,2-12H2,1H3,(H,20,23). The topological polar surface area (TPSA) is 61.9 Å². The van der Waals surface area contributed by atoms with Crippen LogP contribution in [-0.4, -0.2) is 67.6 Å². The smallest absolute Gasteiger partial charge is 0.341 e. The molecule has 3 heterocycles. The predicted molar refractivity (Wildman–Crippen MR) is 102 cm³/mol. The lowest BCUT2D eigenvalue weighted by molar-refractivity contribution is -0.117. The fraction of sp³-hybridized carbons (Fsp3) is 0.684. The van der Waals surface area contributed by atoms with E-state index in [1.54, 1.807) is 11.3 Å². The van der Waals surface area contributed by atoms with Crippen LogP contribution in [0, 0.1) is 0 Å². The molecule has 2 saturated heterocycles. The minimum atomic E-state index is -0.334. The molecule has 1 aromatic heterocycles. The quantitative estimate of drug-likeness (QED) is 0.815. The summed E-state index contributed by atoms with van der Waals surface area (Å²) in [4.78, 5) is 30.9. The first-order valence-corrected chi connectivity index (χ1v) is 10.5. The van der Waals surface area contributed by atoms with Gasteiger partial charge >= 0.3 is 5.97 Å². The SMILES string of the molecule is COC(=O)c1c(NC(=O)CN2CCN3CCCC3C2)sc2c1CCCC2. The summed E-state index contributed by atoms with van der Waals surface area (Å²) >= 11 is 1.55. The number of hydrogen-bond acceptors (Lipinski definition) is 6. The molecule has 4 rings (SSSR count). The van der Waals surface area contributed by atoms with Gasteiger partial charge in [-0.1, -0.05) is 0 Å². The van der Waals surface area contributed by atoms with Crippen LogP contribution in [0.2, 0.25) is 0 Å². The van der Waals surface area contributed by atoms with Gasteiger partial charge in [0, 0.05) is 30.6 Å². The number of nitrogens with zero attached hydrogens (tertiary/aromatic N) is 2. The van der Waals surface area contributed by atoms with Gasteiger partial charge in [-0.05, 0) is 50.6 Å². The zero-order valence-corrected chi connectivity index (χ0v) is 16.2. The zero-order valence-electron chi connectivity index (χ0n) is 15.4. The Hall–Kier alpha value is -1.44. The second-order valence-electron chi connectivity index (χ2n) is 7.52. The van der Waals surface area contributed by atoms with Crippen LogP contribution in [0.15, 0.2) is 0 Å². The van der Waals surface area contributed by atoms with Gasteiger partial charge in [-0.2, -0.15) is 0 Å². The van der Waals surface area contributed by atoms with E-state index >= 15 is 0 Å². The summed E-state index contributed by atoms with van der Waals surface area (Å²) in [7, 11) is 1.40. The molecular formula is C19H27N3O3S. The molecule has 1 aromatic rings. The van der Waals surface area contributed by atoms with Gasteiger partial charge in [-0.3, -0.25) is 14.6 Å². The highest BCUT2D eigenvalue weighted by atomic mass is 32.1. The van der Waals surface area contributed by atoms with Gasteiger partial charge in [0.25, 0.3) is 0 Å². The van der Waals surface area contributed by atoms with Crippen LogP contribution >= 0.6 is 11.3 Å². The first-order valence-electron chi connectivity index (χ1n) is 9.65. The Bertz CT molecular complexity index is 702. The average molecular weight is 378 g/mol. The Kier molecular flexibility index (Phi) is 5.29. The number of fused-ring (bicyclic) bond motifs is 2. The van der Waals surface area contributed by atoms with Gasteiger partial charge in [-0.15, -0.1) is 11.3 Å². The molecule has 6 nitrogen and oxygen atoms in total. The number of thiophene rings is 1. The van der Waals surface area contributed by atoms with Gasteiger partial charge < -0.3 is 10.1 Å². The number of amides is 1. The lowest BCUT2D eigenvalue weighted by atomic mass is 9.95. The molecule has 0 spiro atoms. The number of hydrogen-bond donors (Lipinski definition) is 1. The molecule has 0 radical (unpaired) electrons. The summed E-state index contributed by atoms with van der Waals surface area (Å²) in [5.74, 6) is -0.362. The van der Waals surface area contributed by atoms with Crippen LogP contribution in [0.5, 0.6) is 0 Å².